The van der Waals surface area contributed by atoms with Crippen molar-refractivity contribution in [1.29, 1.82) is 0 Å². The second-order valence-corrected chi connectivity index (χ2v) is 6.35. The number of rotatable bonds is 3. The van der Waals surface area contributed by atoms with E-state index in [9.17, 15) is 0 Å². The summed E-state index contributed by atoms with van der Waals surface area (Å²) in [6, 6.07) is 23.4. The van der Waals surface area contributed by atoms with Crippen molar-refractivity contribution < 1.29 is 0 Å². The van der Waals surface area contributed by atoms with Crippen LogP contribution < -0.4 is 5.32 Å². The molecule has 3 nitrogen and oxygen atoms in total. The quantitative estimate of drug-likeness (QED) is 0.459. The van der Waals surface area contributed by atoms with E-state index in [0.717, 1.165) is 27.8 Å². The standard InChI is InChI=1S/C20H13Cl2N3/c21-16-11-10-14(12-17(16)22)23-20-24-18-9-5-4-8-15(18)19(25-20)13-6-2-1-3-7-13/h1-12H,(H,23,24,25). The second-order valence-electron chi connectivity index (χ2n) is 5.53. The van der Waals surface area contributed by atoms with Crippen LogP contribution >= 0.6 is 23.2 Å². The Kier molecular flexibility index (Phi) is 4.26. The van der Waals surface area contributed by atoms with Crippen LogP contribution in [0.15, 0.2) is 72.8 Å². The van der Waals surface area contributed by atoms with Gasteiger partial charge >= 0.3 is 0 Å². The lowest BCUT2D eigenvalue weighted by molar-refractivity contribution is 1.22. The fourth-order valence-electron chi connectivity index (χ4n) is 2.65. The molecule has 0 saturated carbocycles. The van der Waals surface area contributed by atoms with Gasteiger partial charge in [0.1, 0.15) is 0 Å². The summed E-state index contributed by atoms with van der Waals surface area (Å²) in [6.07, 6.45) is 0. The Bertz CT molecular complexity index is 1050. The first-order valence-corrected chi connectivity index (χ1v) is 8.50. The third-order valence-corrected chi connectivity index (χ3v) is 4.57. The van der Waals surface area contributed by atoms with Crippen molar-refractivity contribution in [3.05, 3.63) is 82.8 Å². The number of nitrogens with zero attached hydrogens (tertiary/aromatic N) is 2. The van der Waals surface area contributed by atoms with Crippen LogP contribution in [0, 0.1) is 0 Å². The summed E-state index contributed by atoms with van der Waals surface area (Å²) in [7, 11) is 0. The SMILES string of the molecule is Clc1ccc(Nc2nc(-c3ccccc3)c3ccccc3n2)cc1Cl. The zero-order valence-corrected chi connectivity index (χ0v) is 14.6. The summed E-state index contributed by atoms with van der Waals surface area (Å²) >= 11 is 12.1. The number of nitrogens with one attached hydrogen (secondary N) is 1. The minimum absolute atomic E-state index is 0.482. The topological polar surface area (TPSA) is 37.8 Å². The molecule has 0 amide bonds. The highest BCUT2D eigenvalue weighted by Crippen LogP contribution is 2.29. The Morgan fingerprint density at radius 3 is 2.28 bits per heavy atom. The first kappa shape index (κ1) is 15.9. The Hall–Kier alpha value is -2.62. The maximum absolute atomic E-state index is 6.09. The molecule has 0 bridgehead atoms. The van der Waals surface area contributed by atoms with E-state index in [0.29, 0.717) is 16.0 Å². The number of aromatic nitrogens is 2. The van der Waals surface area contributed by atoms with Gasteiger partial charge in [-0.2, -0.15) is 0 Å². The molecular weight excluding hydrogens is 353 g/mol. The van der Waals surface area contributed by atoms with Crippen LogP contribution in [0.25, 0.3) is 22.2 Å². The molecule has 1 heterocycles. The number of halogens is 2. The van der Waals surface area contributed by atoms with Crippen LogP contribution in [0.3, 0.4) is 0 Å². The van der Waals surface area contributed by atoms with Gasteiger partial charge in [0.05, 0.1) is 21.3 Å². The molecule has 0 saturated heterocycles. The van der Waals surface area contributed by atoms with Gasteiger partial charge in [-0.1, -0.05) is 71.7 Å². The number of hydrogen-bond acceptors (Lipinski definition) is 3. The molecule has 25 heavy (non-hydrogen) atoms. The van der Waals surface area contributed by atoms with Gasteiger partial charge in [-0.25, -0.2) is 9.97 Å². The van der Waals surface area contributed by atoms with Gasteiger partial charge < -0.3 is 5.32 Å². The summed E-state index contributed by atoms with van der Waals surface area (Å²) in [5, 5.41) is 5.21. The van der Waals surface area contributed by atoms with E-state index < -0.39 is 0 Å². The van der Waals surface area contributed by atoms with Crippen LogP contribution in [0.5, 0.6) is 0 Å². The molecule has 0 aliphatic rings. The monoisotopic (exact) mass is 365 g/mol. The predicted octanol–water partition coefficient (Wildman–Crippen LogP) is 6.35. The van der Waals surface area contributed by atoms with Crippen molar-refractivity contribution in [2.24, 2.45) is 0 Å². The minimum atomic E-state index is 0.482. The van der Waals surface area contributed by atoms with E-state index in [-0.39, 0.29) is 0 Å². The Morgan fingerprint density at radius 2 is 1.48 bits per heavy atom. The molecule has 3 aromatic carbocycles. The smallest absolute Gasteiger partial charge is 0.228 e. The lowest BCUT2D eigenvalue weighted by atomic mass is 10.1. The molecule has 0 radical (unpaired) electrons. The van der Waals surface area contributed by atoms with Crippen molar-refractivity contribution in [1.82, 2.24) is 9.97 Å². The molecule has 0 spiro atoms. The van der Waals surface area contributed by atoms with E-state index in [4.69, 9.17) is 28.2 Å². The Morgan fingerprint density at radius 1 is 0.720 bits per heavy atom. The number of benzene rings is 3. The zero-order chi connectivity index (χ0) is 17.2. The van der Waals surface area contributed by atoms with Crippen molar-refractivity contribution in [3.8, 4) is 11.3 Å². The average molecular weight is 366 g/mol. The van der Waals surface area contributed by atoms with Crippen molar-refractivity contribution in [2.75, 3.05) is 5.32 Å². The molecular formula is C20H13Cl2N3. The summed E-state index contributed by atoms with van der Waals surface area (Å²) in [4.78, 5) is 9.33. The summed E-state index contributed by atoms with van der Waals surface area (Å²) in [6.45, 7) is 0. The highest BCUT2D eigenvalue weighted by molar-refractivity contribution is 6.42. The van der Waals surface area contributed by atoms with Crippen LogP contribution in [-0.2, 0) is 0 Å². The van der Waals surface area contributed by atoms with E-state index in [2.05, 4.69) is 10.3 Å². The van der Waals surface area contributed by atoms with Crippen LogP contribution in [0.2, 0.25) is 10.0 Å². The molecule has 0 fully saturated rings. The van der Waals surface area contributed by atoms with Crippen LogP contribution in [-0.4, -0.2) is 9.97 Å². The third kappa shape index (κ3) is 3.29. The second kappa shape index (κ2) is 6.71. The van der Waals surface area contributed by atoms with Gasteiger partial charge in [-0.3, -0.25) is 0 Å². The third-order valence-electron chi connectivity index (χ3n) is 3.83. The molecule has 5 heteroatoms. The molecule has 0 aliphatic heterocycles. The van der Waals surface area contributed by atoms with Gasteiger partial charge in [-0.15, -0.1) is 0 Å². The fraction of sp³-hybridized carbons (Fsp3) is 0. The molecule has 4 aromatic rings. The molecule has 0 atom stereocenters. The number of para-hydroxylation sites is 1. The summed E-state index contributed by atoms with van der Waals surface area (Å²) in [5.74, 6) is 0.510. The molecule has 122 valence electrons. The molecule has 1 N–H and O–H groups in total. The summed E-state index contributed by atoms with van der Waals surface area (Å²) in [5.41, 5.74) is 3.58. The maximum atomic E-state index is 6.09. The summed E-state index contributed by atoms with van der Waals surface area (Å²) < 4.78 is 0. The largest absolute Gasteiger partial charge is 0.324 e. The maximum Gasteiger partial charge on any atom is 0.228 e. The highest BCUT2D eigenvalue weighted by atomic mass is 35.5. The molecule has 0 unspecified atom stereocenters. The van der Waals surface area contributed by atoms with E-state index in [1.54, 1.807) is 12.1 Å². The number of hydrogen-bond donors (Lipinski definition) is 1. The van der Waals surface area contributed by atoms with Gasteiger partial charge in [-0.05, 0) is 24.3 Å². The van der Waals surface area contributed by atoms with E-state index in [1.807, 2.05) is 60.7 Å². The van der Waals surface area contributed by atoms with Crippen molar-refractivity contribution in [2.45, 2.75) is 0 Å². The number of fused-ring (bicyclic) bond motifs is 1. The molecule has 1 aromatic heterocycles. The Labute approximate surface area is 155 Å². The number of anilines is 2. The van der Waals surface area contributed by atoms with Crippen molar-refractivity contribution in [3.63, 3.8) is 0 Å². The van der Waals surface area contributed by atoms with Crippen LogP contribution in [0.1, 0.15) is 0 Å². The normalized spacial score (nSPS) is 10.8. The molecule has 0 aliphatic carbocycles. The van der Waals surface area contributed by atoms with Gasteiger partial charge in [0, 0.05) is 16.6 Å². The van der Waals surface area contributed by atoms with Gasteiger partial charge in [0.25, 0.3) is 0 Å². The predicted molar refractivity (Wildman–Crippen MR) is 105 cm³/mol. The zero-order valence-electron chi connectivity index (χ0n) is 13.1. The highest BCUT2D eigenvalue weighted by Gasteiger charge is 2.10. The van der Waals surface area contributed by atoms with Gasteiger partial charge in [0.15, 0.2) is 0 Å². The minimum Gasteiger partial charge on any atom is -0.324 e. The van der Waals surface area contributed by atoms with E-state index in [1.165, 1.54) is 0 Å². The lowest BCUT2D eigenvalue weighted by Gasteiger charge is -2.11. The van der Waals surface area contributed by atoms with E-state index >= 15 is 0 Å². The molecule has 4 rings (SSSR count). The fourth-order valence-corrected chi connectivity index (χ4v) is 2.95. The van der Waals surface area contributed by atoms with Crippen LogP contribution in [0.4, 0.5) is 11.6 Å². The van der Waals surface area contributed by atoms with Gasteiger partial charge in [0.2, 0.25) is 5.95 Å². The Balaban J connectivity index is 1.83. The first-order chi connectivity index (χ1) is 12.2. The average Bonchev–Trinajstić information content (AvgIpc) is 2.65. The lowest BCUT2D eigenvalue weighted by Crippen LogP contribution is -1.99. The van der Waals surface area contributed by atoms with Crippen molar-refractivity contribution >= 4 is 45.7 Å². The first-order valence-electron chi connectivity index (χ1n) is 7.75.